The number of benzene rings is 2. The molecule has 0 aliphatic heterocycles. The average Bonchev–Trinajstić information content (AvgIpc) is 3.57. The standard InChI is InChI=1S/C14H13F3N2O4.C13H11F3N2O3/c1-21-8-12-11(13(20)22-2)7-19(18-12)9-3-5-10(6-4-9)23-14(15,16)17;1-20-8-12-9(7-19)6-18(17-12)10-2-4-11(5-3-10)21-13(14,15)16/h3-7H,8H2,1-2H3;2-7H,8H2,1H3. The minimum absolute atomic E-state index is 0.0900. The van der Waals surface area contributed by atoms with Gasteiger partial charge in [0.15, 0.2) is 6.29 Å². The molecule has 0 spiro atoms. The van der Waals surface area contributed by atoms with E-state index in [4.69, 9.17) is 9.47 Å². The Labute approximate surface area is 245 Å². The second-order valence-corrected chi connectivity index (χ2v) is 8.47. The van der Waals surface area contributed by atoms with Crippen LogP contribution in [0.1, 0.15) is 32.1 Å². The fourth-order valence-corrected chi connectivity index (χ4v) is 3.57. The number of hydrogen-bond donors (Lipinski definition) is 0. The van der Waals surface area contributed by atoms with Gasteiger partial charge in [0.05, 0.1) is 43.0 Å². The van der Waals surface area contributed by atoms with Gasteiger partial charge in [-0.2, -0.15) is 10.2 Å². The first kappa shape index (κ1) is 33.6. The highest BCUT2D eigenvalue weighted by Crippen LogP contribution is 2.25. The SMILES string of the molecule is COCc1nn(-c2ccc(OC(F)(F)F)cc2)cc1C(=O)OC.COCc1nn(-c2ccc(OC(F)(F)F)cc2)cc1C=O. The van der Waals surface area contributed by atoms with Crippen LogP contribution in [-0.2, 0) is 27.4 Å². The van der Waals surface area contributed by atoms with Crippen LogP contribution in [0.2, 0.25) is 0 Å². The summed E-state index contributed by atoms with van der Waals surface area (Å²) < 4.78 is 97.4. The van der Waals surface area contributed by atoms with Gasteiger partial charge in [0.2, 0.25) is 0 Å². The molecular weight excluding hydrogens is 606 g/mol. The van der Waals surface area contributed by atoms with E-state index in [2.05, 4.69) is 24.4 Å². The van der Waals surface area contributed by atoms with Crippen LogP contribution in [0.25, 0.3) is 11.4 Å². The minimum Gasteiger partial charge on any atom is -0.465 e. The second-order valence-electron chi connectivity index (χ2n) is 8.47. The maximum absolute atomic E-state index is 12.1. The van der Waals surface area contributed by atoms with Crippen LogP contribution in [0.3, 0.4) is 0 Å². The van der Waals surface area contributed by atoms with E-state index in [-0.39, 0.29) is 30.3 Å². The predicted octanol–water partition coefficient (Wildman–Crippen LogP) is 5.43. The van der Waals surface area contributed by atoms with Crippen LogP contribution in [0.15, 0.2) is 60.9 Å². The fraction of sp³-hybridized carbons (Fsp3) is 0.259. The molecule has 11 nitrogen and oxygen atoms in total. The molecule has 0 aliphatic carbocycles. The Kier molecular flexibility index (Phi) is 11.1. The summed E-state index contributed by atoms with van der Waals surface area (Å²) in [4.78, 5) is 22.6. The molecule has 0 bridgehead atoms. The third-order valence-electron chi connectivity index (χ3n) is 5.38. The summed E-state index contributed by atoms with van der Waals surface area (Å²) in [5.74, 6) is -1.26. The largest absolute Gasteiger partial charge is 0.573 e. The molecule has 2 aromatic heterocycles. The summed E-state index contributed by atoms with van der Waals surface area (Å²) in [6.07, 6.45) is -5.96. The van der Waals surface area contributed by atoms with Crippen molar-refractivity contribution in [1.82, 2.24) is 19.6 Å². The van der Waals surface area contributed by atoms with Crippen molar-refractivity contribution in [3.63, 3.8) is 0 Å². The van der Waals surface area contributed by atoms with Crippen molar-refractivity contribution in [1.29, 1.82) is 0 Å². The molecule has 2 aromatic carbocycles. The Balaban J connectivity index is 0.000000241. The van der Waals surface area contributed by atoms with E-state index in [1.165, 1.54) is 79.5 Å². The van der Waals surface area contributed by atoms with Crippen LogP contribution in [0, 0.1) is 0 Å². The van der Waals surface area contributed by atoms with Crippen molar-refractivity contribution in [2.24, 2.45) is 0 Å². The van der Waals surface area contributed by atoms with E-state index in [0.29, 0.717) is 34.6 Å². The number of carbonyl (C=O) groups excluding carboxylic acids is 2. The van der Waals surface area contributed by atoms with Crippen LogP contribution in [0.5, 0.6) is 11.5 Å². The smallest absolute Gasteiger partial charge is 0.465 e. The number of aromatic nitrogens is 4. The Morgan fingerprint density at radius 1 is 0.727 bits per heavy atom. The number of esters is 1. The number of rotatable bonds is 10. The third kappa shape index (κ3) is 9.56. The lowest BCUT2D eigenvalue weighted by Crippen LogP contribution is -2.17. The maximum atomic E-state index is 12.1. The monoisotopic (exact) mass is 630 g/mol. The summed E-state index contributed by atoms with van der Waals surface area (Å²) in [7, 11) is 4.15. The van der Waals surface area contributed by atoms with E-state index in [1.807, 2.05) is 0 Å². The van der Waals surface area contributed by atoms with Crippen LogP contribution < -0.4 is 9.47 Å². The van der Waals surface area contributed by atoms with Crippen molar-refractivity contribution in [3.8, 4) is 22.9 Å². The summed E-state index contributed by atoms with van der Waals surface area (Å²) in [6, 6.07) is 10.2. The highest BCUT2D eigenvalue weighted by molar-refractivity contribution is 5.90. The number of halogens is 6. The number of aldehydes is 1. The second kappa shape index (κ2) is 14.5. The van der Waals surface area contributed by atoms with Gasteiger partial charge >= 0.3 is 18.7 Å². The number of alkyl halides is 6. The molecule has 17 heteroatoms. The Morgan fingerprint density at radius 3 is 1.57 bits per heavy atom. The zero-order valence-electron chi connectivity index (χ0n) is 23.2. The molecule has 0 fully saturated rings. The molecule has 44 heavy (non-hydrogen) atoms. The maximum Gasteiger partial charge on any atom is 0.573 e. The van der Waals surface area contributed by atoms with Crippen LogP contribution in [-0.4, -0.2) is 65.9 Å². The van der Waals surface area contributed by atoms with Gasteiger partial charge in [0.1, 0.15) is 22.8 Å². The Bertz CT molecular complexity index is 1530. The normalized spacial score (nSPS) is 11.4. The van der Waals surface area contributed by atoms with Gasteiger partial charge in [-0.05, 0) is 48.5 Å². The number of ether oxygens (including phenoxy) is 5. The van der Waals surface area contributed by atoms with E-state index in [1.54, 1.807) is 0 Å². The molecule has 0 radical (unpaired) electrons. The van der Waals surface area contributed by atoms with Gasteiger partial charge in [-0.25, -0.2) is 14.2 Å². The zero-order valence-corrected chi connectivity index (χ0v) is 23.2. The Hall–Kier alpha value is -4.90. The molecule has 0 saturated carbocycles. The number of methoxy groups -OCH3 is 3. The van der Waals surface area contributed by atoms with Gasteiger partial charge in [0.25, 0.3) is 0 Å². The summed E-state index contributed by atoms with van der Waals surface area (Å²) in [6.45, 7) is 0.253. The molecule has 2 heterocycles. The van der Waals surface area contributed by atoms with E-state index < -0.39 is 18.7 Å². The lowest BCUT2D eigenvalue weighted by atomic mass is 10.2. The molecule has 236 valence electrons. The van der Waals surface area contributed by atoms with Crippen molar-refractivity contribution < 1.29 is 59.6 Å². The molecule has 4 rings (SSSR count). The first-order valence-corrected chi connectivity index (χ1v) is 12.2. The number of nitrogens with zero attached hydrogens (tertiary/aromatic N) is 4. The lowest BCUT2D eigenvalue weighted by molar-refractivity contribution is -0.275. The van der Waals surface area contributed by atoms with Crippen LogP contribution >= 0.6 is 0 Å². The quantitative estimate of drug-likeness (QED) is 0.128. The van der Waals surface area contributed by atoms with Crippen molar-refractivity contribution in [3.05, 3.63) is 83.4 Å². The van der Waals surface area contributed by atoms with Crippen LogP contribution in [0.4, 0.5) is 26.3 Å². The molecule has 0 amide bonds. The van der Waals surface area contributed by atoms with E-state index in [9.17, 15) is 35.9 Å². The highest BCUT2D eigenvalue weighted by Gasteiger charge is 2.31. The molecule has 4 aromatic rings. The average molecular weight is 630 g/mol. The predicted molar refractivity (Wildman–Crippen MR) is 139 cm³/mol. The third-order valence-corrected chi connectivity index (χ3v) is 5.38. The van der Waals surface area contributed by atoms with Gasteiger partial charge in [-0.1, -0.05) is 0 Å². The minimum atomic E-state index is -4.75. The molecule has 0 saturated heterocycles. The summed E-state index contributed by atoms with van der Waals surface area (Å²) in [5, 5.41) is 8.31. The Morgan fingerprint density at radius 2 is 1.16 bits per heavy atom. The van der Waals surface area contributed by atoms with Gasteiger partial charge in [-0.15, -0.1) is 26.3 Å². The van der Waals surface area contributed by atoms with Crippen molar-refractivity contribution in [2.75, 3.05) is 21.3 Å². The van der Waals surface area contributed by atoms with E-state index in [0.717, 1.165) is 12.1 Å². The summed E-state index contributed by atoms with van der Waals surface area (Å²) in [5.41, 5.74) is 2.32. The van der Waals surface area contributed by atoms with E-state index >= 15 is 0 Å². The zero-order chi connectivity index (χ0) is 32.5. The molecule has 0 unspecified atom stereocenters. The number of carbonyl (C=O) groups is 2. The van der Waals surface area contributed by atoms with Gasteiger partial charge in [0, 0.05) is 26.6 Å². The first-order valence-electron chi connectivity index (χ1n) is 12.2. The van der Waals surface area contributed by atoms with Gasteiger partial charge < -0.3 is 23.7 Å². The number of hydrogen-bond acceptors (Lipinski definition) is 9. The molecular formula is C27H24F6N4O7. The lowest BCUT2D eigenvalue weighted by Gasteiger charge is -2.09. The molecule has 0 atom stereocenters. The first-order chi connectivity index (χ1) is 20.8. The highest BCUT2D eigenvalue weighted by atomic mass is 19.4. The molecule has 0 N–H and O–H groups in total. The van der Waals surface area contributed by atoms with Gasteiger partial charge in [-0.3, -0.25) is 4.79 Å². The summed E-state index contributed by atoms with van der Waals surface area (Å²) >= 11 is 0. The topological polar surface area (TPSA) is 116 Å². The fourth-order valence-electron chi connectivity index (χ4n) is 3.57. The molecule has 0 aliphatic rings. The van der Waals surface area contributed by atoms with Crippen molar-refractivity contribution in [2.45, 2.75) is 25.9 Å². The van der Waals surface area contributed by atoms with Crippen molar-refractivity contribution >= 4 is 12.3 Å².